The molecular formula is C8H8Se4. The van der Waals surface area contributed by atoms with Gasteiger partial charge in [-0.15, -0.1) is 0 Å². The Hall–Kier alpha value is 1.30. The Labute approximate surface area is 98.3 Å². The molecule has 64 valence electrons. The Bertz CT molecular complexity index is 272. The fourth-order valence-corrected chi connectivity index (χ4v) is 15.3. The molecule has 0 aromatic carbocycles. The van der Waals surface area contributed by atoms with E-state index in [2.05, 4.69) is 23.8 Å². The molecule has 0 saturated heterocycles. The van der Waals surface area contributed by atoms with Gasteiger partial charge in [0, 0.05) is 0 Å². The Morgan fingerprint density at radius 3 is 1.83 bits per heavy atom. The quantitative estimate of drug-likeness (QED) is 0.506. The molecule has 4 heteroatoms. The minimum atomic E-state index is 0.754. The van der Waals surface area contributed by atoms with Gasteiger partial charge in [-0.05, 0) is 0 Å². The molecule has 0 saturated carbocycles. The van der Waals surface area contributed by atoms with Gasteiger partial charge in [0.25, 0.3) is 0 Å². The third-order valence-corrected chi connectivity index (χ3v) is 16.7. The third kappa shape index (κ3) is 2.03. The van der Waals surface area contributed by atoms with E-state index in [9.17, 15) is 0 Å². The molecule has 2 heterocycles. The molecule has 0 bridgehead atoms. The summed E-state index contributed by atoms with van der Waals surface area (Å²) in [7, 11) is 0. The van der Waals surface area contributed by atoms with Crippen molar-refractivity contribution in [3.63, 3.8) is 0 Å². The first kappa shape index (κ1) is 9.84. The molecule has 0 radical (unpaired) electrons. The molecule has 2 aliphatic rings. The zero-order chi connectivity index (χ0) is 8.55. The molecule has 2 aliphatic heterocycles. The molecule has 2 rings (SSSR count). The van der Waals surface area contributed by atoms with Crippen molar-refractivity contribution in [1.29, 1.82) is 0 Å². The molecule has 0 fully saturated rings. The second kappa shape index (κ2) is 4.22. The van der Waals surface area contributed by atoms with Crippen LogP contribution in [0.1, 0.15) is 13.8 Å². The van der Waals surface area contributed by atoms with E-state index in [-0.39, 0.29) is 0 Å². The van der Waals surface area contributed by atoms with Crippen LogP contribution >= 0.6 is 0 Å². The summed E-state index contributed by atoms with van der Waals surface area (Å²) < 4.78 is 7.17. The summed E-state index contributed by atoms with van der Waals surface area (Å²) in [6.45, 7) is 4.65. The van der Waals surface area contributed by atoms with Crippen LogP contribution in [0.2, 0.25) is 0 Å². The van der Waals surface area contributed by atoms with E-state index in [1.807, 2.05) is 6.74 Å². The number of allylic oxidation sites excluding steroid dienone is 2. The first-order chi connectivity index (χ1) is 5.77. The maximum atomic E-state index is 2.41. The van der Waals surface area contributed by atoms with Crippen molar-refractivity contribution < 1.29 is 0 Å². The fourth-order valence-electron chi connectivity index (χ4n) is 0.829. The topological polar surface area (TPSA) is 0 Å². The third-order valence-electron chi connectivity index (χ3n) is 1.56. The van der Waals surface area contributed by atoms with E-state index in [4.69, 9.17) is 0 Å². The summed E-state index contributed by atoms with van der Waals surface area (Å²) in [6.07, 6.45) is 0. The summed E-state index contributed by atoms with van der Waals surface area (Å²) in [4.78, 5) is 4.81. The van der Waals surface area contributed by atoms with Gasteiger partial charge in [0.1, 0.15) is 0 Å². The molecular weight excluding hydrogens is 412 g/mol. The molecule has 0 spiro atoms. The summed E-state index contributed by atoms with van der Waals surface area (Å²) in [5.41, 5.74) is 0. The van der Waals surface area contributed by atoms with Gasteiger partial charge in [0.15, 0.2) is 0 Å². The van der Waals surface area contributed by atoms with E-state index in [0.29, 0.717) is 0 Å². The van der Waals surface area contributed by atoms with E-state index in [0.717, 1.165) is 59.8 Å². The molecule has 0 aromatic heterocycles. The Morgan fingerprint density at radius 2 is 1.33 bits per heavy atom. The van der Waals surface area contributed by atoms with Gasteiger partial charge in [-0.3, -0.25) is 0 Å². The predicted molar refractivity (Wildman–Crippen MR) is 57.6 cm³/mol. The van der Waals surface area contributed by atoms with Crippen molar-refractivity contribution in [2.45, 2.75) is 13.8 Å². The Kier molecular flexibility index (Phi) is 3.46. The van der Waals surface area contributed by atoms with Gasteiger partial charge in [-0.2, -0.15) is 0 Å². The second-order valence-corrected chi connectivity index (χ2v) is 14.0. The van der Waals surface area contributed by atoms with Crippen molar-refractivity contribution >= 4 is 59.8 Å². The summed E-state index contributed by atoms with van der Waals surface area (Å²) >= 11 is 3.03. The number of hydrogen-bond donors (Lipinski definition) is 0. The molecule has 12 heavy (non-hydrogen) atoms. The SMILES string of the molecule is CC1=C(C)[Se]C(=C2[Se]C=C[Se]2)[Se]1. The molecule has 0 amide bonds. The average molecular weight is 420 g/mol. The van der Waals surface area contributed by atoms with Crippen molar-refractivity contribution in [1.82, 2.24) is 0 Å². The Morgan fingerprint density at radius 1 is 0.833 bits per heavy atom. The molecule has 0 aliphatic carbocycles. The van der Waals surface area contributed by atoms with Crippen molar-refractivity contribution in [3.8, 4) is 0 Å². The minimum absolute atomic E-state index is 0.754. The van der Waals surface area contributed by atoms with Gasteiger partial charge in [-0.1, -0.05) is 0 Å². The van der Waals surface area contributed by atoms with Gasteiger partial charge >= 0.3 is 99.3 Å². The monoisotopic (exact) mass is 424 g/mol. The Balaban J connectivity index is 2.16. The van der Waals surface area contributed by atoms with Gasteiger partial charge in [-0.25, -0.2) is 0 Å². The standard InChI is InChI=1S/C8H8Se4/c1-5-6(2)12-8(11-5)7-9-3-4-10-7/h3-4H,1-2H3. The van der Waals surface area contributed by atoms with Crippen LogP contribution < -0.4 is 0 Å². The van der Waals surface area contributed by atoms with Crippen LogP contribution in [0.4, 0.5) is 0 Å². The zero-order valence-electron chi connectivity index (χ0n) is 6.79. The van der Waals surface area contributed by atoms with Crippen LogP contribution in [0.3, 0.4) is 0 Å². The zero-order valence-corrected chi connectivity index (χ0v) is 13.6. The summed E-state index contributed by atoms with van der Waals surface area (Å²) in [6, 6.07) is 0. The van der Waals surface area contributed by atoms with E-state index in [1.165, 1.54) is 0 Å². The normalized spacial score (nSPS) is 23.2. The van der Waals surface area contributed by atoms with E-state index < -0.39 is 0 Å². The second-order valence-electron chi connectivity index (χ2n) is 2.40. The molecule has 0 aromatic rings. The molecule has 0 N–H and O–H groups in total. The van der Waals surface area contributed by atoms with Crippen LogP contribution in [0, 0.1) is 0 Å². The van der Waals surface area contributed by atoms with Crippen LogP contribution in [0.15, 0.2) is 25.6 Å². The van der Waals surface area contributed by atoms with E-state index >= 15 is 0 Å². The van der Waals surface area contributed by atoms with Crippen LogP contribution in [-0.4, -0.2) is 59.8 Å². The van der Waals surface area contributed by atoms with Gasteiger partial charge < -0.3 is 0 Å². The fraction of sp³-hybridized carbons (Fsp3) is 0.250. The molecule has 0 atom stereocenters. The molecule has 0 unspecified atom stereocenters. The first-order valence-corrected chi connectivity index (χ1v) is 10.6. The predicted octanol–water partition coefficient (Wildman–Crippen LogP) is 0.680. The first-order valence-electron chi connectivity index (χ1n) is 3.53. The average Bonchev–Trinajstić information content (AvgIpc) is 2.61. The molecule has 0 nitrogen and oxygen atoms in total. The van der Waals surface area contributed by atoms with Crippen molar-refractivity contribution in [2.24, 2.45) is 0 Å². The van der Waals surface area contributed by atoms with Crippen LogP contribution in [-0.2, 0) is 0 Å². The van der Waals surface area contributed by atoms with E-state index in [1.54, 1.807) is 8.94 Å². The number of rotatable bonds is 0. The number of hydrogen-bond acceptors (Lipinski definition) is 0. The maximum absolute atomic E-state index is 2.41. The van der Waals surface area contributed by atoms with Gasteiger partial charge in [0.2, 0.25) is 0 Å². The van der Waals surface area contributed by atoms with Crippen molar-refractivity contribution in [2.75, 3.05) is 0 Å². The summed E-state index contributed by atoms with van der Waals surface area (Å²) in [5.74, 6) is 0. The van der Waals surface area contributed by atoms with Crippen LogP contribution in [0.5, 0.6) is 0 Å². The van der Waals surface area contributed by atoms with Crippen LogP contribution in [0.25, 0.3) is 0 Å². The summed E-state index contributed by atoms with van der Waals surface area (Å²) in [5, 5.41) is 0. The van der Waals surface area contributed by atoms with Crippen molar-refractivity contribution in [3.05, 3.63) is 25.6 Å². The van der Waals surface area contributed by atoms with Gasteiger partial charge in [0.05, 0.1) is 0 Å².